The molecule has 0 unspecified atom stereocenters. The molecule has 0 saturated heterocycles. The number of hydrogen-bond acceptors (Lipinski definition) is 2. The monoisotopic (exact) mass is 284 g/mol. The van der Waals surface area contributed by atoms with Gasteiger partial charge in [0.2, 0.25) is 0 Å². The molecule has 1 aromatic rings. The number of hydrogen-bond donors (Lipinski definition) is 2. The van der Waals surface area contributed by atoms with Gasteiger partial charge in [-0.15, -0.1) is 0 Å². The number of nitrogens with one attached hydrogen (secondary N) is 1. The van der Waals surface area contributed by atoms with E-state index in [4.69, 9.17) is 17.3 Å². The van der Waals surface area contributed by atoms with Crippen molar-refractivity contribution in [3.05, 3.63) is 29.0 Å². The molecule has 0 aliphatic heterocycles. The lowest BCUT2D eigenvalue weighted by Crippen LogP contribution is -2.46. The normalized spacial score (nSPS) is 19.5. The quantitative estimate of drug-likeness (QED) is 0.867. The van der Waals surface area contributed by atoms with Gasteiger partial charge in [0.1, 0.15) is 5.82 Å². The van der Waals surface area contributed by atoms with Gasteiger partial charge in [0.05, 0.1) is 10.7 Å². The van der Waals surface area contributed by atoms with Crippen molar-refractivity contribution in [1.82, 2.24) is 0 Å². The fraction of sp³-hybridized carbons (Fsp3) is 0.600. The third-order valence-electron chi connectivity index (χ3n) is 4.03. The van der Waals surface area contributed by atoms with Crippen LogP contribution in [0.1, 0.15) is 44.9 Å². The van der Waals surface area contributed by atoms with Gasteiger partial charge in [0, 0.05) is 12.1 Å². The molecule has 0 amide bonds. The zero-order valence-electron chi connectivity index (χ0n) is 11.2. The topological polar surface area (TPSA) is 38.0 Å². The van der Waals surface area contributed by atoms with E-state index in [-0.39, 0.29) is 11.4 Å². The lowest BCUT2D eigenvalue weighted by atomic mass is 9.83. The number of benzene rings is 1. The molecule has 1 fully saturated rings. The molecule has 1 aromatic carbocycles. The van der Waals surface area contributed by atoms with Crippen LogP contribution in [0, 0.1) is 5.82 Å². The molecular weight excluding hydrogens is 263 g/mol. The minimum atomic E-state index is -0.273. The summed E-state index contributed by atoms with van der Waals surface area (Å²) in [5.74, 6) is -0.273. The average Bonchev–Trinajstić information content (AvgIpc) is 2.37. The van der Waals surface area contributed by atoms with E-state index < -0.39 is 0 Å². The molecule has 19 heavy (non-hydrogen) atoms. The zero-order valence-corrected chi connectivity index (χ0v) is 12.0. The Bertz CT molecular complexity index is 415. The molecule has 1 aliphatic carbocycles. The van der Waals surface area contributed by atoms with E-state index in [1.165, 1.54) is 31.4 Å². The van der Waals surface area contributed by atoms with Crippen LogP contribution in [0.5, 0.6) is 0 Å². The maximum atomic E-state index is 13.3. The third kappa shape index (κ3) is 3.83. The van der Waals surface area contributed by atoms with Crippen molar-refractivity contribution in [1.29, 1.82) is 0 Å². The highest BCUT2D eigenvalue weighted by Crippen LogP contribution is 2.32. The van der Waals surface area contributed by atoms with Crippen molar-refractivity contribution in [2.45, 2.75) is 50.5 Å². The second-order valence-electron chi connectivity index (χ2n) is 5.50. The molecule has 0 bridgehead atoms. The van der Waals surface area contributed by atoms with Gasteiger partial charge in [-0.1, -0.05) is 43.7 Å². The molecule has 0 radical (unpaired) electrons. The lowest BCUT2D eigenvalue weighted by molar-refractivity contribution is 0.351. The predicted molar refractivity (Wildman–Crippen MR) is 79.1 cm³/mol. The van der Waals surface area contributed by atoms with Gasteiger partial charge in [0.15, 0.2) is 0 Å². The molecule has 0 aromatic heterocycles. The van der Waals surface area contributed by atoms with Gasteiger partial charge in [-0.3, -0.25) is 0 Å². The van der Waals surface area contributed by atoms with Crippen molar-refractivity contribution >= 4 is 17.3 Å². The maximum Gasteiger partial charge on any atom is 0.125 e. The van der Waals surface area contributed by atoms with E-state index in [2.05, 4.69) is 5.32 Å². The Labute approximate surface area is 119 Å². The summed E-state index contributed by atoms with van der Waals surface area (Å²) in [5.41, 5.74) is 6.51. The van der Waals surface area contributed by atoms with Crippen molar-refractivity contribution < 1.29 is 4.39 Å². The molecule has 1 saturated carbocycles. The van der Waals surface area contributed by atoms with Gasteiger partial charge in [-0.2, -0.15) is 0 Å². The van der Waals surface area contributed by atoms with E-state index in [0.717, 1.165) is 25.7 Å². The molecule has 2 nitrogen and oxygen atoms in total. The summed E-state index contributed by atoms with van der Waals surface area (Å²) < 4.78 is 13.3. The predicted octanol–water partition coefficient (Wildman–Crippen LogP) is 4.33. The summed E-state index contributed by atoms with van der Waals surface area (Å²) in [7, 11) is 0. The lowest BCUT2D eigenvalue weighted by Gasteiger charge is -2.36. The largest absolute Gasteiger partial charge is 0.377 e. The van der Waals surface area contributed by atoms with E-state index >= 15 is 0 Å². The second-order valence-corrected chi connectivity index (χ2v) is 5.91. The fourth-order valence-corrected chi connectivity index (χ4v) is 3.01. The Hall–Kier alpha value is -0.800. The molecule has 3 N–H and O–H groups in total. The number of anilines is 1. The minimum Gasteiger partial charge on any atom is -0.377 e. The molecule has 0 heterocycles. The van der Waals surface area contributed by atoms with Crippen LogP contribution in [-0.4, -0.2) is 12.1 Å². The molecular formula is C15H22ClFN2. The highest BCUT2D eigenvalue weighted by atomic mass is 35.5. The van der Waals surface area contributed by atoms with Gasteiger partial charge in [-0.05, 0) is 31.0 Å². The van der Waals surface area contributed by atoms with Gasteiger partial charge < -0.3 is 11.1 Å². The zero-order chi connectivity index (χ0) is 13.7. The van der Waals surface area contributed by atoms with Crippen LogP contribution in [0.25, 0.3) is 0 Å². The summed E-state index contributed by atoms with van der Waals surface area (Å²) in [6, 6.07) is 4.42. The molecule has 2 rings (SSSR count). The Morgan fingerprint density at radius 3 is 2.42 bits per heavy atom. The maximum absolute atomic E-state index is 13.3. The Morgan fingerprint density at radius 2 is 1.79 bits per heavy atom. The summed E-state index contributed by atoms with van der Waals surface area (Å²) in [6.07, 6.45) is 8.18. The number of nitrogens with two attached hydrogens (primary N) is 1. The van der Waals surface area contributed by atoms with Crippen LogP contribution < -0.4 is 11.1 Å². The SMILES string of the molecule is NCC1(Nc2cc(F)ccc2Cl)CCCCCCC1. The Kier molecular flexibility index (Phi) is 5.06. The fourth-order valence-electron chi connectivity index (χ4n) is 2.84. The molecule has 0 atom stereocenters. The van der Waals surface area contributed by atoms with Crippen LogP contribution in [0.3, 0.4) is 0 Å². The van der Waals surface area contributed by atoms with Crippen LogP contribution in [0.4, 0.5) is 10.1 Å². The van der Waals surface area contributed by atoms with E-state index in [1.54, 1.807) is 6.07 Å². The summed E-state index contributed by atoms with van der Waals surface area (Å²) in [4.78, 5) is 0. The molecule has 1 aliphatic rings. The van der Waals surface area contributed by atoms with Crippen molar-refractivity contribution in [3.63, 3.8) is 0 Å². The standard InChI is InChI=1S/C15H22ClFN2/c16-13-7-6-12(17)10-14(13)19-15(11-18)8-4-2-1-3-5-9-15/h6-7,10,19H,1-5,8-9,11,18H2. The van der Waals surface area contributed by atoms with Gasteiger partial charge in [-0.25, -0.2) is 4.39 Å². The van der Waals surface area contributed by atoms with Crippen molar-refractivity contribution in [2.24, 2.45) is 5.73 Å². The van der Waals surface area contributed by atoms with Gasteiger partial charge >= 0.3 is 0 Å². The Morgan fingerprint density at radius 1 is 1.16 bits per heavy atom. The molecule has 106 valence electrons. The summed E-state index contributed by atoms with van der Waals surface area (Å²) >= 11 is 6.14. The van der Waals surface area contributed by atoms with Crippen LogP contribution in [-0.2, 0) is 0 Å². The third-order valence-corrected chi connectivity index (χ3v) is 4.36. The first-order valence-corrected chi connectivity index (χ1v) is 7.46. The number of rotatable bonds is 3. The average molecular weight is 285 g/mol. The highest BCUT2D eigenvalue weighted by Gasteiger charge is 2.29. The summed E-state index contributed by atoms with van der Waals surface area (Å²) in [6.45, 7) is 0.555. The highest BCUT2D eigenvalue weighted by molar-refractivity contribution is 6.33. The van der Waals surface area contributed by atoms with Crippen molar-refractivity contribution in [3.8, 4) is 0 Å². The van der Waals surface area contributed by atoms with Crippen LogP contribution >= 0.6 is 11.6 Å². The molecule has 0 spiro atoms. The molecule has 4 heteroatoms. The van der Waals surface area contributed by atoms with Crippen LogP contribution in [0.15, 0.2) is 18.2 Å². The number of halogens is 2. The summed E-state index contributed by atoms with van der Waals surface area (Å²) in [5, 5.41) is 3.98. The first kappa shape index (κ1) is 14.6. The van der Waals surface area contributed by atoms with Crippen LogP contribution in [0.2, 0.25) is 5.02 Å². The second kappa shape index (κ2) is 6.58. The van der Waals surface area contributed by atoms with E-state index in [9.17, 15) is 4.39 Å². The van der Waals surface area contributed by atoms with E-state index in [1.807, 2.05) is 0 Å². The first-order chi connectivity index (χ1) is 9.15. The van der Waals surface area contributed by atoms with Crippen molar-refractivity contribution in [2.75, 3.05) is 11.9 Å². The Balaban J connectivity index is 2.18. The van der Waals surface area contributed by atoms with E-state index in [0.29, 0.717) is 17.3 Å². The smallest absolute Gasteiger partial charge is 0.125 e. The van der Waals surface area contributed by atoms with Gasteiger partial charge in [0.25, 0.3) is 0 Å². The minimum absolute atomic E-state index is 0.141. The first-order valence-electron chi connectivity index (χ1n) is 7.08.